The van der Waals surface area contributed by atoms with Gasteiger partial charge in [0.1, 0.15) is 17.4 Å². The highest BCUT2D eigenvalue weighted by atomic mass is 35.5. The number of halogens is 4. The van der Waals surface area contributed by atoms with E-state index >= 15 is 0 Å². The van der Waals surface area contributed by atoms with Crippen LogP contribution in [0.4, 0.5) is 18.9 Å². The van der Waals surface area contributed by atoms with Crippen molar-refractivity contribution in [3.05, 3.63) is 70.4 Å². The van der Waals surface area contributed by atoms with Gasteiger partial charge in [0.2, 0.25) is 0 Å². The number of hydrogen-bond acceptors (Lipinski definition) is 4. The number of nitriles is 1. The van der Waals surface area contributed by atoms with E-state index in [1.807, 2.05) is 0 Å². The lowest BCUT2D eigenvalue weighted by Gasteiger charge is -2.14. The van der Waals surface area contributed by atoms with Crippen molar-refractivity contribution in [2.24, 2.45) is 0 Å². The highest BCUT2D eigenvalue weighted by Gasteiger charge is 2.33. The summed E-state index contributed by atoms with van der Waals surface area (Å²) < 4.78 is 43.8. The quantitative estimate of drug-likeness (QED) is 0.503. The zero-order valence-electron chi connectivity index (χ0n) is 15.5. The Balaban J connectivity index is 2.11. The van der Waals surface area contributed by atoms with Crippen molar-refractivity contribution in [2.45, 2.75) is 19.1 Å². The Morgan fingerprint density at radius 1 is 1.24 bits per heavy atom. The Bertz CT molecular complexity index is 951. The number of hydrogen-bond donors (Lipinski definition) is 2. The van der Waals surface area contributed by atoms with Crippen molar-refractivity contribution >= 4 is 23.2 Å². The maximum Gasteiger partial charge on any atom is 0.417 e. The van der Waals surface area contributed by atoms with E-state index in [9.17, 15) is 23.2 Å². The summed E-state index contributed by atoms with van der Waals surface area (Å²) in [6.07, 6.45) is -3.58. The van der Waals surface area contributed by atoms with Crippen LogP contribution in [0.5, 0.6) is 5.75 Å². The largest absolute Gasteiger partial charge is 0.497 e. The summed E-state index contributed by atoms with van der Waals surface area (Å²) >= 11 is 5.57. The standard InChI is InChI=1S/C20H17ClF3N3O2/c1-12(13-3-6-16(29-2)7-4-13)27-19(28)14(10-25)11-26-15-5-8-18(21)17(9-15)20(22,23)24/h3-9,11-12,26H,1-2H3,(H,27,28)/b14-11-. The van der Waals surface area contributed by atoms with Gasteiger partial charge >= 0.3 is 6.18 Å². The first kappa shape index (κ1) is 22.1. The van der Waals surface area contributed by atoms with Crippen LogP contribution >= 0.6 is 11.6 Å². The maximum atomic E-state index is 12.9. The Morgan fingerprint density at radius 3 is 2.45 bits per heavy atom. The number of carbonyl (C=O) groups excluding carboxylic acids is 1. The monoisotopic (exact) mass is 423 g/mol. The summed E-state index contributed by atoms with van der Waals surface area (Å²) in [6, 6.07) is 11.5. The van der Waals surface area contributed by atoms with Crippen LogP contribution in [0.2, 0.25) is 5.02 Å². The lowest BCUT2D eigenvalue weighted by atomic mass is 10.1. The molecular weight excluding hydrogens is 407 g/mol. The molecule has 5 nitrogen and oxygen atoms in total. The molecular formula is C20H17ClF3N3O2. The molecule has 0 bridgehead atoms. The normalized spacial score (nSPS) is 12.7. The first-order chi connectivity index (χ1) is 13.7. The van der Waals surface area contributed by atoms with Gasteiger partial charge in [-0.05, 0) is 42.8 Å². The molecule has 0 heterocycles. The second-order valence-electron chi connectivity index (χ2n) is 5.97. The average molecular weight is 424 g/mol. The van der Waals surface area contributed by atoms with Gasteiger partial charge in [-0.1, -0.05) is 23.7 Å². The fourth-order valence-corrected chi connectivity index (χ4v) is 2.61. The lowest BCUT2D eigenvalue weighted by Crippen LogP contribution is -2.28. The van der Waals surface area contributed by atoms with Crippen LogP contribution in [0.25, 0.3) is 0 Å². The summed E-state index contributed by atoms with van der Waals surface area (Å²) in [5, 5.41) is 13.9. The van der Waals surface area contributed by atoms with E-state index in [0.717, 1.165) is 23.9 Å². The molecule has 0 aliphatic heterocycles. The third-order valence-electron chi connectivity index (χ3n) is 3.98. The van der Waals surface area contributed by atoms with Crippen molar-refractivity contribution in [1.82, 2.24) is 5.32 Å². The maximum absolute atomic E-state index is 12.9. The molecule has 0 aliphatic carbocycles. The number of methoxy groups -OCH3 is 1. The SMILES string of the molecule is COc1ccc(C(C)NC(=O)/C(C#N)=C\Nc2ccc(Cl)c(C(F)(F)F)c2)cc1. The molecule has 0 aliphatic rings. The molecule has 0 saturated carbocycles. The molecule has 2 N–H and O–H groups in total. The van der Waals surface area contributed by atoms with E-state index in [2.05, 4.69) is 10.6 Å². The molecule has 0 aromatic heterocycles. The number of ether oxygens (including phenoxy) is 1. The van der Waals surface area contributed by atoms with Gasteiger partial charge in [-0.25, -0.2) is 0 Å². The van der Waals surface area contributed by atoms with Gasteiger partial charge in [0, 0.05) is 11.9 Å². The van der Waals surface area contributed by atoms with Gasteiger partial charge < -0.3 is 15.4 Å². The Labute approximate surface area is 170 Å². The molecule has 9 heteroatoms. The molecule has 0 saturated heterocycles. The van der Waals surface area contributed by atoms with Crippen LogP contribution in [0, 0.1) is 11.3 Å². The number of benzene rings is 2. The highest BCUT2D eigenvalue weighted by molar-refractivity contribution is 6.31. The molecule has 0 spiro atoms. The van der Waals surface area contributed by atoms with E-state index < -0.39 is 28.7 Å². The minimum Gasteiger partial charge on any atom is -0.497 e. The molecule has 1 unspecified atom stereocenters. The van der Waals surface area contributed by atoms with Crippen LogP contribution in [0.15, 0.2) is 54.2 Å². The van der Waals surface area contributed by atoms with Gasteiger partial charge in [-0.3, -0.25) is 4.79 Å². The third kappa shape index (κ3) is 5.90. The molecule has 0 radical (unpaired) electrons. The summed E-state index contributed by atoms with van der Waals surface area (Å²) in [6.45, 7) is 1.73. The van der Waals surface area contributed by atoms with E-state index in [-0.39, 0.29) is 11.3 Å². The van der Waals surface area contributed by atoms with Crippen LogP contribution in [0.3, 0.4) is 0 Å². The Kier molecular flexibility index (Phi) is 7.13. The second kappa shape index (κ2) is 9.34. The molecule has 1 atom stereocenters. The van der Waals surface area contributed by atoms with E-state index in [0.29, 0.717) is 5.75 Å². The zero-order valence-corrected chi connectivity index (χ0v) is 16.2. The fourth-order valence-electron chi connectivity index (χ4n) is 2.39. The van der Waals surface area contributed by atoms with Crippen molar-refractivity contribution in [3.8, 4) is 11.8 Å². The number of nitrogens with one attached hydrogen (secondary N) is 2. The number of anilines is 1. The molecule has 2 rings (SSSR count). The average Bonchev–Trinajstić information content (AvgIpc) is 2.68. The molecule has 2 aromatic rings. The molecule has 29 heavy (non-hydrogen) atoms. The smallest absolute Gasteiger partial charge is 0.417 e. The number of rotatable bonds is 6. The summed E-state index contributed by atoms with van der Waals surface area (Å²) in [7, 11) is 1.54. The van der Waals surface area contributed by atoms with E-state index in [1.54, 1.807) is 37.3 Å². The third-order valence-corrected chi connectivity index (χ3v) is 4.31. The molecule has 1 amide bonds. The van der Waals surface area contributed by atoms with Gasteiger partial charge in [0.25, 0.3) is 5.91 Å². The first-order valence-corrected chi connectivity index (χ1v) is 8.72. The van der Waals surface area contributed by atoms with Crippen molar-refractivity contribution in [2.75, 3.05) is 12.4 Å². The van der Waals surface area contributed by atoms with Crippen molar-refractivity contribution in [3.63, 3.8) is 0 Å². The number of nitrogens with zero attached hydrogens (tertiary/aromatic N) is 1. The highest BCUT2D eigenvalue weighted by Crippen LogP contribution is 2.36. The molecule has 0 fully saturated rings. The van der Waals surface area contributed by atoms with Gasteiger partial charge in [-0.15, -0.1) is 0 Å². The Morgan fingerprint density at radius 2 is 1.90 bits per heavy atom. The van der Waals surface area contributed by atoms with E-state index in [4.69, 9.17) is 16.3 Å². The Hall–Kier alpha value is -3.18. The topological polar surface area (TPSA) is 74.1 Å². The molecule has 152 valence electrons. The van der Waals surface area contributed by atoms with Crippen LogP contribution in [0.1, 0.15) is 24.1 Å². The number of carbonyl (C=O) groups is 1. The summed E-state index contributed by atoms with van der Waals surface area (Å²) in [5.41, 5.74) is -0.495. The fraction of sp³-hybridized carbons (Fsp3) is 0.200. The second-order valence-corrected chi connectivity index (χ2v) is 6.38. The summed E-state index contributed by atoms with van der Waals surface area (Å²) in [4.78, 5) is 12.3. The van der Waals surface area contributed by atoms with Gasteiger partial charge in [-0.2, -0.15) is 18.4 Å². The predicted molar refractivity (Wildman–Crippen MR) is 103 cm³/mol. The van der Waals surface area contributed by atoms with Crippen molar-refractivity contribution < 1.29 is 22.7 Å². The number of amides is 1. The van der Waals surface area contributed by atoms with Crippen LogP contribution in [-0.4, -0.2) is 13.0 Å². The minimum atomic E-state index is -4.62. The predicted octanol–water partition coefficient (Wildman–Crippen LogP) is 5.06. The van der Waals surface area contributed by atoms with Crippen LogP contribution in [-0.2, 0) is 11.0 Å². The van der Waals surface area contributed by atoms with Gasteiger partial charge in [0.05, 0.1) is 23.7 Å². The van der Waals surface area contributed by atoms with Crippen molar-refractivity contribution in [1.29, 1.82) is 5.26 Å². The van der Waals surface area contributed by atoms with Crippen LogP contribution < -0.4 is 15.4 Å². The summed E-state index contributed by atoms with van der Waals surface area (Å²) in [5.74, 6) is -0.0106. The lowest BCUT2D eigenvalue weighted by molar-refractivity contribution is -0.137. The zero-order chi connectivity index (χ0) is 21.6. The van der Waals surface area contributed by atoms with E-state index in [1.165, 1.54) is 13.2 Å². The first-order valence-electron chi connectivity index (χ1n) is 8.34. The minimum absolute atomic E-state index is 0.0328. The molecule has 2 aromatic carbocycles. The van der Waals surface area contributed by atoms with Gasteiger partial charge in [0.15, 0.2) is 0 Å². The number of alkyl halides is 3.